The summed E-state index contributed by atoms with van der Waals surface area (Å²) in [6.07, 6.45) is 6.04. The Balaban J connectivity index is 1.73. The molecule has 0 atom stereocenters. The highest BCUT2D eigenvalue weighted by Gasteiger charge is 2.30. The van der Waals surface area contributed by atoms with Crippen molar-refractivity contribution >= 4 is 17.1 Å². The second-order valence-corrected chi connectivity index (χ2v) is 5.54. The molecule has 17 heavy (non-hydrogen) atoms. The molecule has 0 unspecified atom stereocenters. The largest absolute Gasteiger partial charge is 0.347 e. The first-order valence-electron chi connectivity index (χ1n) is 5.83. The van der Waals surface area contributed by atoms with Crippen LogP contribution in [-0.4, -0.2) is 15.3 Å². The Morgan fingerprint density at radius 1 is 1.59 bits per heavy atom. The summed E-state index contributed by atoms with van der Waals surface area (Å²) in [4.78, 5) is 16.3. The third kappa shape index (κ3) is 2.31. The van der Waals surface area contributed by atoms with E-state index < -0.39 is 0 Å². The van der Waals surface area contributed by atoms with Crippen molar-refractivity contribution in [1.82, 2.24) is 9.55 Å². The normalized spacial score (nSPS) is 15.1. The maximum atomic E-state index is 11.9. The van der Waals surface area contributed by atoms with E-state index in [1.165, 1.54) is 0 Å². The fourth-order valence-electron chi connectivity index (χ4n) is 1.90. The molecule has 2 aromatic heterocycles. The lowest BCUT2D eigenvalue weighted by Gasteiger charge is -1.98. The highest BCUT2D eigenvalue weighted by Crippen LogP contribution is 2.32. The Labute approximate surface area is 104 Å². The van der Waals surface area contributed by atoms with Crippen LogP contribution in [0.2, 0.25) is 0 Å². The zero-order chi connectivity index (χ0) is 11.8. The lowest BCUT2D eigenvalue weighted by Crippen LogP contribution is -2.00. The molecule has 0 bridgehead atoms. The van der Waals surface area contributed by atoms with Gasteiger partial charge in [0.1, 0.15) is 5.01 Å². The number of hydrogen-bond donors (Lipinski definition) is 0. The van der Waals surface area contributed by atoms with Crippen molar-refractivity contribution in [3.05, 3.63) is 40.1 Å². The van der Waals surface area contributed by atoms with Crippen LogP contribution in [0.4, 0.5) is 0 Å². The van der Waals surface area contributed by atoms with Crippen molar-refractivity contribution in [1.29, 1.82) is 0 Å². The number of nitrogens with zero attached hydrogens (tertiary/aromatic N) is 2. The highest BCUT2D eigenvalue weighted by molar-refractivity contribution is 7.09. The standard InChI is InChI=1S/C13H14N2OS/c1-9-8-17-12(14-9)7-15-5-4-11(6-15)13(16)10-2-3-10/h4-6,8,10H,2-3,7H2,1H3. The quantitative estimate of drug-likeness (QED) is 0.777. The van der Waals surface area contributed by atoms with Crippen LogP contribution in [-0.2, 0) is 6.54 Å². The summed E-state index contributed by atoms with van der Waals surface area (Å²) in [5.74, 6) is 0.604. The van der Waals surface area contributed by atoms with Crippen molar-refractivity contribution < 1.29 is 4.79 Å². The molecular weight excluding hydrogens is 232 g/mol. The van der Waals surface area contributed by atoms with E-state index in [0.29, 0.717) is 11.7 Å². The molecule has 0 saturated heterocycles. The average Bonchev–Trinajstić information content (AvgIpc) is 2.93. The minimum absolute atomic E-state index is 0.299. The van der Waals surface area contributed by atoms with Crippen LogP contribution >= 0.6 is 11.3 Å². The lowest BCUT2D eigenvalue weighted by molar-refractivity contribution is 0.0967. The minimum Gasteiger partial charge on any atom is -0.347 e. The lowest BCUT2D eigenvalue weighted by atomic mass is 10.1. The molecule has 1 saturated carbocycles. The van der Waals surface area contributed by atoms with E-state index in [9.17, 15) is 4.79 Å². The van der Waals surface area contributed by atoms with Crippen molar-refractivity contribution in [3.63, 3.8) is 0 Å². The van der Waals surface area contributed by atoms with Gasteiger partial charge in [0.15, 0.2) is 5.78 Å². The van der Waals surface area contributed by atoms with Gasteiger partial charge in [0.25, 0.3) is 0 Å². The molecule has 3 rings (SSSR count). The topological polar surface area (TPSA) is 34.9 Å². The molecule has 0 N–H and O–H groups in total. The predicted molar refractivity (Wildman–Crippen MR) is 67.4 cm³/mol. The van der Waals surface area contributed by atoms with Gasteiger partial charge < -0.3 is 4.57 Å². The number of rotatable bonds is 4. The number of hydrogen-bond acceptors (Lipinski definition) is 3. The van der Waals surface area contributed by atoms with Crippen molar-refractivity contribution in [2.24, 2.45) is 5.92 Å². The highest BCUT2D eigenvalue weighted by atomic mass is 32.1. The van der Waals surface area contributed by atoms with Crippen molar-refractivity contribution in [2.75, 3.05) is 0 Å². The van der Waals surface area contributed by atoms with E-state index in [1.807, 2.05) is 30.0 Å². The smallest absolute Gasteiger partial charge is 0.167 e. The third-order valence-corrected chi connectivity index (χ3v) is 3.92. The van der Waals surface area contributed by atoms with E-state index in [1.54, 1.807) is 11.3 Å². The molecule has 0 aliphatic heterocycles. The van der Waals surface area contributed by atoms with E-state index in [2.05, 4.69) is 10.4 Å². The van der Waals surface area contributed by atoms with Gasteiger partial charge in [-0.25, -0.2) is 4.98 Å². The maximum absolute atomic E-state index is 11.9. The molecule has 0 spiro atoms. The Morgan fingerprint density at radius 3 is 3.06 bits per heavy atom. The van der Waals surface area contributed by atoms with Crippen molar-refractivity contribution in [3.8, 4) is 0 Å². The third-order valence-electron chi connectivity index (χ3n) is 2.97. The zero-order valence-electron chi connectivity index (χ0n) is 9.72. The number of Topliss-reactive ketones (excluding diaryl/α,β-unsaturated/α-hetero) is 1. The molecule has 1 aliphatic carbocycles. The van der Waals surface area contributed by atoms with Gasteiger partial charge in [-0.1, -0.05) is 0 Å². The van der Waals surface area contributed by atoms with Gasteiger partial charge in [-0.2, -0.15) is 0 Å². The Morgan fingerprint density at radius 2 is 2.41 bits per heavy atom. The van der Waals surface area contributed by atoms with E-state index in [0.717, 1.165) is 35.7 Å². The number of carbonyl (C=O) groups excluding carboxylic acids is 1. The van der Waals surface area contributed by atoms with E-state index >= 15 is 0 Å². The van der Waals surface area contributed by atoms with Crippen LogP contribution < -0.4 is 0 Å². The summed E-state index contributed by atoms with van der Waals surface area (Å²) in [5, 5.41) is 3.14. The molecule has 0 radical (unpaired) electrons. The predicted octanol–water partition coefficient (Wildman–Crippen LogP) is 2.89. The van der Waals surface area contributed by atoms with Gasteiger partial charge in [-0.05, 0) is 25.8 Å². The van der Waals surface area contributed by atoms with Gasteiger partial charge in [-0.3, -0.25) is 4.79 Å². The summed E-state index contributed by atoms with van der Waals surface area (Å²) in [7, 11) is 0. The summed E-state index contributed by atoms with van der Waals surface area (Å²) in [6, 6.07) is 1.92. The van der Waals surface area contributed by atoms with E-state index in [4.69, 9.17) is 0 Å². The Kier molecular flexibility index (Phi) is 2.59. The first kappa shape index (κ1) is 10.7. The number of ketones is 1. The minimum atomic E-state index is 0.299. The summed E-state index contributed by atoms with van der Waals surface area (Å²) in [6.45, 7) is 2.76. The monoisotopic (exact) mass is 246 g/mol. The Hall–Kier alpha value is -1.42. The van der Waals surface area contributed by atoms with Crippen LogP contribution in [0.5, 0.6) is 0 Å². The molecule has 1 fully saturated rings. The molecule has 2 aromatic rings. The molecular formula is C13H14N2OS. The summed E-state index contributed by atoms with van der Waals surface area (Å²) in [5.41, 5.74) is 1.91. The fraction of sp³-hybridized carbons (Fsp3) is 0.385. The molecule has 2 heterocycles. The van der Waals surface area contributed by atoms with Gasteiger partial charge in [0, 0.05) is 34.9 Å². The van der Waals surface area contributed by atoms with Crippen LogP contribution in [0, 0.1) is 12.8 Å². The second-order valence-electron chi connectivity index (χ2n) is 4.59. The van der Waals surface area contributed by atoms with Crippen LogP contribution in [0.3, 0.4) is 0 Å². The van der Waals surface area contributed by atoms with Gasteiger partial charge >= 0.3 is 0 Å². The van der Waals surface area contributed by atoms with Crippen LogP contribution in [0.25, 0.3) is 0 Å². The molecule has 88 valence electrons. The van der Waals surface area contributed by atoms with Gasteiger partial charge in [0.05, 0.1) is 6.54 Å². The SMILES string of the molecule is Cc1csc(Cn2ccc(C(=O)C3CC3)c2)n1. The average molecular weight is 246 g/mol. The molecule has 0 amide bonds. The fourth-order valence-corrected chi connectivity index (χ4v) is 2.68. The first-order chi connectivity index (χ1) is 8.22. The van der Waals surface area contributed by atoms with Crippen molar-refractivity contribution in [2.45, 2.75) is 26.3 Å². The summed E-state index contributed by atoms with van der Waals surface area (Å²) < 4.78 is 2.04. The molecule has 0 aromatic carbocycles. The molecule has 1 aliphatic rings. The number of carbonyl (C=O) groups is 1. The molecule has 3 nitrogen and oxygen atoms in total. The van der Waals surface area contributed by atoms with E-state index in [-0.39, 0.29) is 0 Å². The second kappa shape index (κ2) is 4.11. The maximum Gasteiger partial charge on any atom is 0.167 e. The summed E-state index contributed by atoms with van der Waals surface area (Å²) >= 11 is 1.66. The van der Waals surface area contributed by atoms with Crippen LogP contribution in [0.1, 0.15) is 33.9 Å². The zero-order valence-corrected chi connectivity index (χ0v) is 10.5. The van der Waals surface area contributed by atoms with Crippen LogP contribution in [0.15, 0.2) is 23.8 Å². The number of thiazole rings is 1. The number of aryl methyl sites for hydroxylation is 1. The Bertz CT molecular complexity index is 551. The first-order valence-corrected chi connectivity index (χ1v) is 6.71. The number of aromatic nitrogens is 2. The van der Waals surface area contributed by atoms with Gasteiger partial charge in [-0.15, -0.1) is 11.3 Å². The van der Waals surface area contributed by atoms with Gasteiger partial charge in [0.2, 0.25) is 0 Å². The molecule has 4 heteroatoms.